The van der Waals surface area contributed by atoms with Crippen LogP contribution in [0.4, 0.5) is 14.5 Å². The molecule has 132 valence electrons. The van der Waals surface area contributed by atoms with Gasteiger partial charge < -0.3 is 10.5 Å². The van der Waals surface area contributed by atoms with Gasteiger partial charge in [-0.05, 0) is 29.8 Å². The van der Waals surface area contributed by atoms with E-state index in [0.717, 1.165) is 23.1 Å². The van der Waals surface area contributed by atoms with Gasteiger partial charge in [-0.2, -0.15) is 5.26 Å². The number of rotatable bonds is 4. The summed E-state index contributed by atoms with van der Waals surface area (Å²) < 4.78 is 33.1. The monoisotopic (exact) mass is 357 g/mol. The smallest absolute Gasteiger partial charge is 0.269 e. The van der Waals surface area contributed by atoms with Crippen molar-refractivity contribution in [1.82, 2.24) is 0 Å². The van der Waals surface area contributed by atoms with Gasteiger partial charge in [0.25, 0.3) is 5.91 Å². The molecule has 0 saturated carbocycles. The second kappa shape index (κ2) is 6.20. The standard InChI is InChI=1S/C18H13F2N3O3/c1-26-18(10-2-4-11(19)5-3-10)16-12(8-21)13(20)6-7-14(16)23(17(18)25)9-15(22)24/h2-7H,9H2,1H3,(H2,22,24)/t18-/m0/s1. The Kier molecular flexibility index (Phi) is 4.18. The number of fused-ring (bicyclic) bond motifs is 1. The van der Waals surface area contributed by atoms with Crippen LogP contribution < -0.4 is 10.6 Å². The molecule has 1 aliphatic heterocycles. The number of amides is 2. The minimum Gasteiger partial charge on any atom is -0.368 e. The van der Waals surface area contributed by atoms with Gasteiger partial charge in [0.05, 0.1) is 11.3 Å². The van der Waals surface area contributed by atoms with Gasteiger partial charge in [0.2, 0.25) is 5.91 Å². The summed E-state index contributed by atoms with van der Waals surface area (Å²) in [6.07, 6.45) is 0. The average Bonchev–Trinajstić information content (AvgIpc) is 2.84. The zero-order chi connectivity index (χ0) is 19.1. The van der Waals surface area contributed by atoms with E-state index in [0.29, 0.717) is 0 Å². The summed E-state index contributed by atoms with van der Waals surface area (Å²) in [5, 5.41) is 9.43. The first-order chi connectivity index (χ1) is 12.4. The van der Waals surface area contributed by atoms with E-state index in [1.165, 1.54) is 25.3 Å². The van der Waals surface area contributed by atoms with Gasteiger partial charge in [0.15, 0.2) is 5.60 Å². The predicted molar refractivity (Wildman–Crippen MR) is 86.9 cm³/mol. The van der Waals surface area contributed by atoms with Crippen LogP contribution in [0.5, 0.6) is 0 Å². The summed E-state index contributed by atoms with van der Waals surface area (Å²) in [6, 6.07) is 8.88. The maximum absolute atomic E-state index is 14.3. The zero-order valence-electron chi connectivity index (χ0n) is 13.6. The van der Waals surface area contributed by atoms with Crippen molar-refractivity contribution in [2.75, 3.05) is 18.6 Å². The van der Waals surface area contributed by atoms with Gasteiger partial charge in [-0.15, -0.1) is 0 Å². The quantitative estimate of drug-likeness (QED) is 0.898. The second-order valence-corrected chi connectivity index (χ2v) is 5.68. The zero-order valence-corrected chi connectivity index (χ0v) is 13.6. The first-order valence-electron chi connectivity index (χ1n) is 7.51. The molecule has 0 unspecified atom stereocenters. The number of carbonyl (C=O) groups excluding carboxylic acids is 2. The van der Waals surface area contributed by atoms with Gasteiger partial charge in [-0.3, -0.25) is 14.5 Å². The van der Waals surface area contributed by atoms with Crippen LogP contribution in [0.15, 0.2) is 36.4 Å². The molecular weight excluding hydrogens is 344 g/mol. The second-order valence-electron chi connectivity index (χ2n) is 5.68. The van der Waals surface area contributed by atoms with E-state index in [9.17, 15) is 23.6 Å². The average molecular weight is 357 g/mol. The summed E-state index contributed by atoms with van der Waals surface area (Å²) >= 11 is 0. The number of benzene rings is 2. The minimum absolute atomic E-state index is 0.0413. The Morgan fingerprint density at radius 2 is 1.92 bits per heavy atom. The highest BCUT2D eigenvalue weighted by Gasteiger charge is 2.55. The van der Waals surface area contributed by atoms with Crippen LogP contribution in [0.3, 0.4) is 0 Å². The number of halogens is 2. The highest BCUT2D eigenvalue weighted by molar-refractivity contribution is 6.12. The lowest BCUT2D eigenvalue weighted by atomic mass is 9.84. The molecule has 2 amide bonds. The van der Waals surface area contributed by atoms with Crippen molar-refractivity contribution in [1.29, 1.82) is 5.26 Å². The Hall–Kier alpha value is -3.31. The number of anilines is 1. The van der Waals surface area contributed by atoms with Crippen LogP contribution in [-0.2, 0) is 19.9 Å². The van der Waals surface area contributed by atoms with E-state index in [1.54, 1.807) is 6.07 Å². The summed E-state index contributed by atoms with van der Waals surface area (Å²) in [6.45, 7) is -0.478. The number of hydrogen-bond acceptors (Lipinski definition) is 4. The van der Waals surface area contributed by atoms with E-state index in [2.05, 4.69) is 0 Å². The SMILES string of the molecule is CO[C@]1(c2ccc(F)cc2)C(=O)N(CC(N)=O)c2ccc(F)c(C#N)c21. The molecule has 0 aliphatic carbocycles. The number of primary amides is 1. The normalized spacial score (nSPS) is 18.5. The van der Waals surface area contributed by atoms with Crippen molar-refractivity contribution < 1.29 is 23.1 Å². The molecule has 6 nitrogen and oxygen atoms in total. The van der Waals surface area contributed by atoms with Crippen molar-refractivity contribution in [2.24, 2.45) is 5.73 Å². The maximum Gasteiger partial charge on any atom is 0.269 e. The first kappa shape index (κ1) is 17.5. The molecule has 8 heteroatoms. The number of nitriles is 1. The Morgan fingerprint density at radius 3 is 2.46 bits per heavy atom. The third kappa shape index (κ3) is 2.33. The number of ether oxygens (including phenoxy) is 1. The van der Waals surface area contributed by atoms with Crippen LogP contribution in [0.1, 0.15) is 16.7 Å². The van der Waals surface area contributed by atoms with E-state index >= 15 is 0 Å². The molecule has 0 fully saturated rings. The summed E-state index contributed by atoms with van der Waals surface area (Å²) in [4.78, 5) is 25.6. The number of nitrogens with zero attached hydrogens (tertiary/aromatic N) is 2. The van der Waals surface area contributed by atoms with E-state index in [-0.39, 0.29) is 16.8 Å². The fourth-order valence-corrected chi connectivity index (χ4v) is 3.24. The van der Waals surface area contributed by atoms with Crippen LogP contribution in [0.2, 0.25) is 0 Å². The highest BCUT2D eigenvalue weighted by atomic mass is 19.1. The minimum atomic E-state index is -1.90. The summed E-state index contributed by atoms with van der Waals surface area (Å²) in [5.41, 5.74) is 3.22. The first-order valence-corrected chi connectivity index (χ1v) is 7.51. The van der Waals surface area contributed by atoms with Gasteiger partial charge >= 0.3 is 0 Å². The molecule has 2 aromatic carbocycles. The van der Waals surface area contributed by atoms with Crippen LogP contribution in [0.25, 0.3) is 0 Å². The number of nitrogens with two attached hydrogens (primary N) is 1. The number of methoxy groups -OCH3 is 1. The van der Waals surface area contributed by atoms with Gasteiger partial charge in [-0.25, -0.2) is 8.78 Å². The third-order valence-electron chi connectivity index (χ3n) is 4.30. The van der Waals surface area contributed by atoms with Crippen molar-refractivity contribution >= 4 is 17.5 Å². The van der Waals surface area contributed by atoms with Gasteiger partial charge in [0, 0.05) is 12.7 Å². The molecule has 1 atom stereocenters. The highest BCUT2D eigenvalue weighted by Crippen LogP contribution is 2.48. The van der Waals surface area contributed by atoms with Crippen LogP contribution >= 0.6 is 0 Å². The van der Waals surface area contributed by atoms with Crippen molar-refractivity contribution in [3.8, 4) is 6.07 Å². The lowest BCUT2D eigenvalue weighted by Gasteiger charge is -2.28. The Balaban J connectivity index is 2.38. The Morgan fingerprint density at radius 1 is 1.27 bits per heavy atom. The molecule has 26 heavy (non-hydrogen) atoms. The van der Waals surface area contributed by atoms with E-state index < -0.39 is 41.2 Å². The molecule has 1 heterocycles. The van der Waals surface area contributed by atoms with Gasteiger partial charge in [-0.1, -0.05) is 12.1 Å². The molecule has 0 saturated heterocycles. The van der Waals surface area contributed by atoms with Crippen LogP contribution in [0, 0.1) is 23.0 Å². The fourth-order valence-electron chi connectivity index (χ4n) is 3.24. The number of carbonyl (C=O) groups is 2. The lowest BCUT2D eigenvalue weighted by molar-refractivity contribution is -0.136. The van der Waals surface area contributed by atoms with E-state index in [4.69, 9.17) is 10.5 Å². The molecule has 0 radical (unpaired) electrons. The topological polar surface area (TPSA) is 96.4 Å². The molecule has 1 aliphatic rings. The molecule has 0 aromatic heterocycles. The Bertz CT molecular complexity index is 953. The molecule has 2 N–H and O–H groups in total. The summed E-state index contributed by atoms with van der Waals surface area (Å²) in [5.74, 6) is -2.90. The van der Waals surface area contributed by atoms with Gasteiger partial charge in [0.1, 0.15) is 24.2 Å². The van der Waals surface area contributed by atoms with Crippen LogP contribution in [-0.4, -0.2) is 25.5 Å². The molecular formula is C18H13F2N3O3. The fraction of sp³-hybridized carbons (Fsp3) is 0.167. The Labute approximate surface area is 147 Å². The summed E-state index contributed by atoms with van der Waals surface area (Å²) in [7, 11) is 1.21. The molecule has 3 rings (SSSR count). The molecule has 0 spiro atoms. The molecule has 2 aromatic rings. The lowest BCUT2D eigenvalue weighted by Crippen LogP contribution is -2.45. The predicted octanol–water partition coefficient (Wildman–Crippen LogP) is 1.56. The van der Waals surface area contributed by atoms with Crippen molar-refractivity contribution in [3.05, 3.63) is 64.7 Å². The largest absolute Gasteiger partial charge is 0.368 e. The van der Waals surface area contributed by atoms with Crippen molar-refractivity contribution in [3.63, 3.8) is 0 Å². The molecule has 0 bridgehead atoms. The van der Waals surface area contributed by atoms with Crippen molar-refractivity contribution in [2.45, 2.75) is 5.60 Å². The van der Waals surface area contributed by atoms with E-state index in [1.807, 2.05) is 0 Å². The third-order valence-corrected chi connectivity index (χ3v) is 4.30. The number of hydrogen-bond donors (Lipinski definition) is 1. The maximum atomic E-state index is 14.3.